The Labute approximate surface area is 280 Å². The van der Waals surface area contributed by atoms with E-state index < -0.39 is 11.9 Å². The number of carbonyl (C=O) groups is 4. The van der Waals surface area contributed by atoms with Crippen LogP contribution in [0, 0.1) is 18.3 Å². The van der Waals surface area contributed by atoms with Crippen LogP contribution in [0.3, 0.4) is 0 Å². The lowest BCUT2D eigenvalue weighted by Gasteiger charge is -2.24. The van der Waals surface area contributed by atoms with E-state index in [0.717, 1.165) is 18.8 Å². The molecule has 0 spiro atoms. The fourth-order valence-electron chi connectivity index (χ4n) is 6.45. The predicted octanol–water partition coefficient (Wildman–Crippen LogP) is 8.18. The minimum Gasteiger partial charge on any atom is -0.368 e. The first kappa shape index (κ1) is 41.5. The molecule has 7 nitrogen and oxygen atoms in total. The van der Waals surface area contributed by atoms with Crippen molar-refractivity contribution in [3.05, 3.63) is 6.42 Å². The largest absolute Gasteiger partial charge is 0.368 e. The van der Waals surface area contributed by atoms with Gasteiger partial charge in [-0.25, -0.2) is 0 Å². The second-order valence-corrected chi connectivity index (χ2v) is 14.3. The van der Waals surface area contributed by atoms with Gasteiger partial charge in [0.15, 0.2) is 0 Å². The van der Waals surface area contributed by atoms with Crippen molar-refractivity contribution in [2.75, 3.05) is 24.6 Å². The van der Waals surface area contributed by atoms with Crippen molar-refractivity contribution in [3.63, 3.8) is 0 Å². The van der Waals surface area contributed by atoms with Gasteiger partial charge in [-0.15, -0.1) is 11.8 Å². The van der Waals surface area contributed by atoms with Crippen molar-refractivity contribution in [2.24, 2.45) is 17.6 Å². The molecule has 1 heterocycles. The maximum Gasteiger partial charge on any atom is 0.240 e. The summed E-state index contributed by atoms with van der Waals surface area (Å²) < 4.78 is 0. The zero-order chi connectivity index (χ0) is 33.1. The number of carbonyl (C=O) groups excluding carboxylic acids is 4. The summed E-state index contributed by atoms with van der Waals surface area (Å²) in [5.41, 5.74) is 5.41. The van der Waals surface area contributed by atoms with E-state index in [-0.39, 0.29) is 29.3 Å². The molecule has 1 aliphatic rings. The van der Waals surface area contributed by atoms with Crippen LogP contribution in [0.15, 0.2) is 0 Å². The number of hydrogen-bond acceptors (Lipinski definition) is 5. The van der Waals surface area contributed by atoms with Gasteiger partial charge in [0.05, 0.1) is 11.5 Å². The van der Waals surface area contributed by atoms with Crippen LogP contribution in [0.25, 0.3) is 0 Å². The maximum absolute atomic E-state index is 12.2. The van der Waals surface area contributed by atoms with Crippen molar-refractivity contribution in [2.45, 2.75) is 168 Å². The number of rotatable bonds is 31. The lowest BCUT2D eigenvalue weighted by molar-refractivity contribution is -0.136. The first-order chi connectivity index (χ1) is 21.8. The highest BCUT2D eigenvalue weighted by Gasteiger charge is 2.35. The molecule has 3 atom stereocenters. The molecule has 3 amide bonds. The zero-order valence-electron chi connectivity index (χ0n) is 29.3. The molecule has 0 aliphatic carbocycles. The molecule has 1 aliphatic heterocycles. The molecule has 45 heavy (non-hydrogen) atoms. The number of thioether (sulfide) groups is 1. The van der Waals surface area contributed by atoms with Crippen molar-refractivity contribution in [3.8, 4) is 0 Å². The predicted molar refractivity (Wildman–Crippen MR) is 190 cm³/mol. The number of likely N-dealkylation sites (tertiary alicyclic amines) is 1. The molecule has 0 bridgehead atoms. The molecule has 8 heteroatoms. The minimum atomic E-state index is -0.577. The molecule has 262 valence electrons. The zero-order valence-corrected chi connectivity index (χ0v) is 30.1. The van der Waals surface area contributed by atoms with E-state index in [2.05, 4.69) is 25.6 Å². The fraction of sp³-hybridized carbons (Fsp3) is 0.865. The van der Waals surface area contributed by atoms with E-state index in [1.54, 1.807) is 0 Å². The first-order valence-electron chi connectivity index (χ1n) is 18.6. The highest BCUT2D eigenvalue weighted by molar-refractivity contribution is 8.00. The quantitative estimate of drug-likeness (QED) is 0.0581. The Hall–Kier alpha value is -1.57. The molecular formula is C37H68N3O4S-. The average molecular weight is 651 g/mol. The van der Waals surface area contributed by atoms with Gasteiger partial charge in [-0.1, -0.05) is 129 Å². The van der Waals surface area contributed by atoms with Crippen LogP contribution in [0.2, 0.25) is 0 Å². The monoisotopic (exact) mass is 650 g/mol. The van der Waals surface area contributed by atoms with Crippen LogP contribution < -0.4 is 11.1 Å². The van der Waals surface area contributed by atoms with Crippen LogP contribution in [-0.2, 0) is 19.2 Å². The molecule has 1 saturated heterocycles. The summed E-state index contributed by atoms with van der Waals surface area (Å²) in [6.07, 6.45) is 28.9. The summed E-state index contributed by atoms with van der Waals surface area (Å²) in [7, 11) is 0. The lowest BCUT2D eigenvalue weighted by atomic mass is 9.90. The second-order valence-electron chi connectivity index (χ2n) is 13.4. The van der Waals surface area contributed by atoms with Crippen molar-refractivity contribution in [1.82, 2.24) is 10.2 Å². The van der Waals surface area contributed by atoms with Crippen LogP contribution >= 0.6 is 11.8 Å². The molecule has 0 aromatic carbocycles. The molecule has 3 unspecified atom stereocenters. The van der Waals surface area contributed by atoms with E-state index in [1.165, 1.54) is 126 Å². The Morgan fingerprint density at radius 2 is 1.44 bits per heavy atom. The van der Waals surface area contributed by atoms with E-state index >= 15 is 0 Å². The van der Waals surface area contributed by atoms with Crippen LogP contribution in [0.5, 0.6) is 0 Å². The summed E-state index contributed by atoms with van der Waals surface area (Å²) in [6, 6.07) is -0.577. The third-order valence-corrected chi connectivity index (χ3v) is 10.2. The molecule has 1 fully saturated rings. The SMILES string of the molecule is CC[CH-]CC(CCCCCCC)CCCCCCCCCCCCC(=O)CSCC(=O)NCC1CC(=O)N(C(CC)C(N)=O)C1. The van der Waals surface area contributed by atoms with Gasteiger partial charge in [0.2, 0.25) is 17.7 Å². The van der Waals surface area contributed by atoms with E-state index in [1.807, 2.05) is 6.92 Å². The highest BCUT2D eigenvalue weighted by Crippen LogP contribution is 2.24. The number of hydrogen-bond donors (Lipinski definition) is 2. The van der Waals surface area contributed by atoms with Gasteiger partial charge >= 0.3 is 0 Å². The molecule has 0 saturated carbocycles. The van der Waals surface area contributed by atoms with Gasteiger partial charge in [0.25, 0.3) is 0 Å². The highest BCUT2D eigenvalue weighted by atomic mass is 32.2. The number of Topliss-reactive ketones (excluding diaryl/α,β-unsaturated/α-hetero) is 1. The van der Waals surface area contributed by atoms with E-state index in [0.29, 0.717) is 38.1 Å². The van der Waals surface area contributed by atoms with Gasteiger partial charge in [0.1, 0.15) is 11.8 Å². The Balaban J connectivity index is 1.96. The smallest absolute Gasteiger partial charge is 0.240 e. The maximum atomic E-state index is 12.2. The first-order valence-corrected chi connectivity index (χ1v) is 19.7. The molecule has 3 N–H and O–H groups in total. The third kappa shape index (κ3) is 21.0. The molecule has 1 rings (SSSR count). The Kier molecular flexibility index (Phi) is 25.4. The van der Waals surface area contributed by atoms with Crippen molar-refractivity contribution in [1.29, 1.82) is 0 Å². The number of nitrogens with zero attached hydrogens (tertiary/aromatic N) is 1. The molecule has 0 radical (unpaired) electrons. The summed E-state index contributed by atoms with van der Waals surface area (Å²) in [5.74, 6) is 1.02. The lowest BCUT2D eigenvalue weighted by Crippen LogP contribution is -2.45. The number of nitrogens with two attached hydrogens (primary N) is 1. The van der Waals surface area contributed by atoms with Crippen molar-refractivity contribution >= 4 is 35.3 Å². The Bertz CT molecular complexity index is 809. The van der Waals surface area contributed by atoms with Crippen molar-refractivity contribution < 1.29 is 19.2 Å². The summed E-state index contributed by atoms with van der Waals surface area (Å²) in [4.78, 5) is 49.8. The number of primary amides is 1. The summed E-state index contributed by atoms with van der Waals surface area (Å²) >= 11 is 1.36. The van der Waals surface area contributed by atoms with E-state index in [4.69, 9.17) is 5.73 Å². The van der Waals surface area contributed by atoms with E-state index in [9.17, 15) is 19.2 Å². The van der Waals surface area contributed by atoms with Crippen LogP contribution in [0.4, 0.5) is 0 Å². The van der Waals surface area contributed by atoms with Crippen LogP contribution in [-0.4, -0.2) is 59.0 Å². The third-order valence-electron chi connectivity index (χ3n) is 9.24. The van der Waals surface area contributed by atoms with Gasteiger partial charge in [0, 0.05) is 31.8 Å². The Morgan fingerprint density at radius 3 is 2.00 bits per heavy atom. The van der Waals surface area contributed by atoms with Gasteiger partial charge in [-0.3, -0.25) is 19.2 Å². The van der Waals surface area contributed by atoms with Gasteiger partial charge in [-0.2, -0.15) is 12.8 Å². The topological polar surface area (TPSA) is 110 Å². The average Bonchev–Trinajstić information content (AvgIpc) is 3.38. The van der Waals surface area contributed by atoms with Gasteiger partial charge < -0.3 is 22.4 Å². The molecule has 0 aromatic rings. The second kappa shape index (κ2) is 27.5. The standard InChI is InChI=1S/C37H68N3O4S/c1-4-7-9-16-19-23-31(22-8-5-2)24-20-17-14-12-10-11-13-15-18-21-25-33(41)29-45-30-35(42)39-27-32-26-36(43)40(28-32)34(6-3)37(38)44/h8,31-32,34H,4-7,9-30H2,1-3H3,(H2,38,44)(H,39,42)/q-1. The summed E-state index contributed by atoms with van der Waals surface area (Å²) in [5, 5.41) is 2.87. The fourth-order valence-corrected chi connectivity index (χ4v) is 7.21. The molecule has 0 aromatic heterocycles. The van der Waals surface area contributed by atoms with Gasteiger partial charge in [-0.05, 0) is 12.8 Å². The number of unbranched alkanes of at least 4 members (excludes halogenated alkanes) is 14. The normalized spacial score (nSPS) is 16.2. The number of nitrogens with one attached hydrogen (secondary N) is 1. The minimum absolute atomic E-state index is 0.0202. The molecular weight excluding hydrogens is 582 g/mol. The number of amides is 3. The Morgan fingerprint density at radius 1 is 0.867 bits per heavy atom. The van der Waals surface area contributed by atoms with Crippen LogP contribution in [0.1, 0.15) is 162 Å². The number of ketones is 1. The summed E-state index contributed by atoms with van der Waals surface area (Å²) in [6.45, 7) is 7.21.